The molecule has 0 fully saturated rings. The van der Waals surface area contributed by atoms with Crippen LogP contribution in [-0.4, -0.2) is 22.4 Å². The third kappa shape index (κ3) is 5.36. The zero-order chi connectivity index (χ0) is 17.4. The Morgan fingerprint density at radius 1 is 1.12 bits per heavy atom. The standard InChI is InChI=1S/C17H23N3O3S/c18-17-20(11-12-24-17)14-9-7-13(8-10-14)15(21)5-3-1-2-4-6-16(22)19-23/h7-12,17,23H,1-6,18H2,(H,19,22). The molecular weight excluding hydrogens is 326 g/mol. The van der Waals surface area contributed by atoms with Gasteiger partial charge < -0.3 is 10.6 Å². The summed E-state index contributed by atoms with van der Waals surface area (Å²) in [6.45, 7) is 0. The normalized spacial score (nSPS) is 16.4. The van der Waals surface area contributed by atoms with Gasteiger partial charge in [-0.3, -0.25) is 14.8 Å². The van der Waals surface area contributed by atoms with Crippen molar-refractivity contribution in [2.75, 3.05) is 4.90 Å². The number of hydroxylamine groups is 1. The smallest absolute Gasteiger partial charge is 0.243 e. The van der Waals surface area contributed by atoms with Crippen LogP contribution in [0.15, 0.2) is 35.9 Å². The highest BCUT2D eigenvalue weighted by molar-refractivity contribution is 8.03. The van der Waals surface area contributed by atoms with E-state index in [1.807, 2.05) is 40.8 Å². The van der Waals surface area contributed by atoms with Crippen LogP contribution in [0, 0.1) is 0 Å². The lowest BCUT2D eigenvalue weighted by molar-refractivity contribution is -0.129. The first-order valence-corrected chi connectivity index (χ1v) is 8.98. The van der Waals surface area contributed by atoms with Crippen molar-refractivity contribution in [2.45, 2.75) is 44.0 Å². The summed E-state index contributed by atoms with van der Waals surface area (Å²) in [4.78, 5) is 25.0. The first kappa shape index (κ1) is 18.5. The second-order valence-electron chi connectivity index (χ2n) is 5.64. The average Bonchev–Trinajstić information content (AvgIpc) is 3.03. The summed E-state index contributed by atoms with van der Waals surface area (Å²) in [7, 11) is 0. The van der Waals surface area contributed by atoms with Crippen LogP contribution in [0.2, 0.25) is 0 Å². The predicted octanol–water partition coefficient (Wildman–Crippen LogP) is 2.98. The Kier molecular flexibility index (Phi) is 7.30. The number of hydrogen-bond acceptors (Lipinski definition) is 6. The molecule has 1 heterocycles. The Morgan fingerprint density at radius 3 is 2.38 bits per heavy atom. The molecule has 1 unspecified atom stereocenters. The van der Waals surface area contributed by atoms with E-state index in [0.717, 1.165) is 31.4 Å². The minimum absolute atomic E-state index is 0.112. The Labute approximate surface area is 146 Å². The van der Waals surface area contributed by atoms with E-state index in [-0.39, 0.29) is 17.2 Å². The topological polar surface area (TPSA) is 95.7 Å². The summed E-state index contributed by atoms with van der Waals surface area (Å²) < 4.78 is 0. The fourth-order valence-corrected chi connectivity index (χ4v) is 3.19. The number of benzene rings is 1. The summed E-state index contributed by atoms with van der Waals surface area (Å²) in [6, 6.07) is 7.51. The molecule has 24 heavy (non-hydrogen) atoms. The third-order valence-corrected chi connectivity index (χ3v) is 4.67. The van der Waals surface area contributed by atoms with Gasteiger partial charge in [-0.1, -0.05) is 24.6 Å². The number of amides is 1. The maximum absolute atomic E-state index is 12.2. The molecular formula is C17H23N3O3S. The molecule has 1 atom stereocenters. The molecule has 2 rings (SSSR count). The number of hydrogen-bond donors (Lipinski definition) is 3. The Hall–Kier alpha value is -1.83. The second kappa shape index (κ2) is 9.46. The number of ketones is 1. The maximum atomic E-state index is 12.2. The van der Waals surface area contributed by atoms with Crippen molar-refractivity contribution >= 4 is 29.1 Å². The number of carbonyl (C=O) groups excluding carboxylic acids is 2. The van der Waals surface area contributed by atoms with Crippen LogP contribution in [0.3, 0.4) is 0 Å². The minimum atomic E-state index is -0.364. The van der Waals surface area contributed by atoms with Gasteiger partial charge >= 0.3 is 0 Å². The summed E-state index contributed by atoms with van der Waals surface area (Å²) >= 11 is 1.55. The van der Waals surface area contributed by atoms with Crippen molar-refractivity contribution in [1.82, 2.24) is 5.48 Å². The van der Waals surface area contributed by atoms with Gasteiger partial charge in [-0.2, -0.15) is 0 Å². The lowest BCUT2D eigenvalue weighted by Gasteiger charge is -2.21. The van der Waals surface area contributed by atoms with E-state index in [2.05, 4.69) is 0 Å². The Balaban J connectivity index is 1.71. The summed E-state index contributed by atoms with van der Waals surface area (Å²) in [5.74, 6) is -0.234. The number of rotatable bonds is 9. The molecule has 1 aromatic carbocycles. The summed E-state index contributed by atoms with van der Waals surface area (Å²) in [5, 5.41) is 10.3. The van der Waals surface area contributed by atoms with Crippen molar-refractivity contribution in [3.63, 3.8) is 0 Å². The molecule has 1 aromatic rings. The van der Waals surface area contributed by atoms with Crippen molar-refractivity contribution in [3.05, 3.63) is 41.4 Å². The van der Waals surface area contributed by atoms with Gasteiger partial charge in [0.25, 0.3) is 0 Å². The lowest BCUT2D eigenvalue weighted by Crippen LogP contribution is -2.32. The highest BCUT2D eigenvalue weighted by atomic mass is 32.2. The number of nitrogens with zero attached hydrogens (tertiary/aromatic N) is 1. The van der Waals surface area contributed by atoms with Crippen molar-refractivity contribution < 1.29 is 14.8 Å². The number of nitrogens with two attached hydrogens (primary N) is 1. The monoisotopic (exact) mass is 349 g/mol. The first-order chi connectivity index (χ1) is 11.6. The molecule has 6 nitrogen and oxygen atoms in total. The van der Waals surface area contributed by atoms with E-state index in [4.69, 9.17) is 10.9 Å². The van der Waals surface area contributed by atoms with Gasteiger partial charge in [-0.05, 0) is 42.5 Å². The largest absolute Gasteiger partial charge is 0.322 e. The van der Waals surface area contributed by atoms with Gasteiger partial charge in [0, 0.05) is 30.3 Å². The van der Waals surface area contributed by atoms with Crippen molar-refractivity contribution in [1.29, 1.82) is 0 Å². The molecule has 0 aromatic heterocycles. The summed E-state index contributed by atoms with van der Waals surface area (Å²) in [6.07, 6.45) is 6.04. The highest BCUT2D eigenvalue weighted by Crippen LogP contribution is 2.27. The van der Waals surface area contributed by atoms with Gasteiger partial charge in [-0.25, -0.2) is 5.48 Å². The molecule has 0 saturated carbocycles. The number of unbranched alkanes of at least 4 members (excludes halogenated alkanes) is 3. The minimum Gasteiger partial charge on any atom is -0.322 e. The summed E-state index contributed by atoms with van der Waals surface area (Å²) in [5.41, 5.74) is 9.15. The molecule has 0 radical (unpaired) electrons. The molecule has 1 aliphatic rings. The quantitative estimate of drug-likeness (QED) is 0.274. The molecule has 1 amide bonds. The van der Waals surface area contributed by atoms with Crippen LogP contribution in [0.4, 0.5) is 5.69 Å². The van der Waals surface area contributed by atoms with E-state index >= 15 is 0 Å². The lowest BCUT2D eigenvalue weighted by atomic mass is 10.0. The zero-order valence-electron chi connectivity index (χ0n) is 13.5. The van der Waals surface area contributed by atoms with Crippen LogP contribution in [0.25, 0.3) is 0 Å². The van der Waals surface area contributed by atoms with Crippen LogP contribution in [0.1, 0.15) is 48.9 Å². The fraction of sp³-hybridized carbons (Fsp3) is 0.412. The molecule has 0 bridgehead atoms. The molecule has 0 saturated heterocycles. The van der Waals surface area contributed by atoms with Crippen molar-refractivity contribution in [2.24, 2.45) is 5.73 Å². The molecule has 1 aliphatic heterocycles. The van der Waals surface area contributed by atoms with Crippen LogP contribution in [-0.2, 0) is 4.79 Å². The van der Waals surface area contributed by atoms with Gasteiger partial charge in [0.2, 0.25) is 5.91 Å². The molecule has 7 heteroatoms. The van der Waals surface area contributed by atoms with E-state index in [1.54, 1.807) is 17.2 Å². The number of anilines is 1. The number of Topliss-reactive ketones (excluding diaryl/α,β-unsaturated/α-hetero) is 1. The Bertz CT molecular complexity index is 589. The van der Waals surface area contributed by atoms with Crippen molar-refractivity contribution in [3.8, 4) is 0 Å². The maximum Gasteiger partial charge on any atom is 0.243 e. The molecule has 0 aliphatic carbocycles. The van der Waals surface area contributed by atoms with Gasteiger partial charge in [0.1, 0.15) is 5.50 Å². The fourth-order valence-electron chi connectivity index (χ4n) is 2.51. The van der Waals surface area contributed by atoms with Gasteiger partial charge in [-0.15, -0.1) is 0 Å². The first-order valence-electron chi connectivity index (χ1n) is 8.04. The van der Waals surface area contributed by atoms with Gasteiger partial charge in [0.05, 0.1) is 0 Å². The molecule has 130 valence electrons. The predicted molar refractivity (Wildman–Crippen MR) is 95.6 cm³/mol. The van der Waals surface area contributed by atoms with E-state index in [9.17, 15) is 9.59 Å². The van der Waals surface area contributed by atoms with Crippen LogP contribution < -0.4 is 16.1 Å². The van der Waals surface area contributed by atoms with Gasteiger partial charge in [0.15, 0.2) is 5.78 Å². The highest BCUT2D eigenvalue weighted by Gasteiger charge is 2.17. The number of carbonyl (C=O) groups is 2. The van der Waals surface area contributed by atoms with Crippen LogP contribution in [0.5, 0.6) is 0 Å². The number of thioether (sulfide) groups is 1. The zero-order valence-corrected chi connectivity index (χ0v) is 14.3. The third-order valence-electron chi connectivity index (χ3n) is 3.88. The van der Waals surface area contributed by atoms with E-state index < -0.39 is 0 Å². The Morgan fingerprint density at radius 2 is 1.79 bits per heavy atom. The van der Waals surface area contributed by atoms with E-state index in [0.29, 0.717) is 18.4 Å². The molecule has 0 spiro atoms. The average molecular weight is 349 g/mol. The molecule has 4 N–H and O–H groups in total. The van der Waals surface area contributed by atoms with Crippen LogP contribution >= 0.6 is 11.8 Å². The second-order valence-corrected chi connectivity index (χ2v) is 6.67. The van der Waals surface area contributed by atoms with E-state index in [1.165, 1.54) is 0 Å². The number of nitrogens with one attached hydrogen (secondary N) is 1. The SMILES string of the molecule is NC1SC=CN1c1ccc(C(=O)CCCCCCC(=O)NO)cc1.